The molecule has 0 bridgehead atoms. The van der Waals surface area contributed by atoms with Crippen LogP contribution in [-0.4, -0.2) is 38.0 Å². The molecular formula is C17H31NO2. The van der Waals surface area contributed by atoms with Gasteiger partial charge in [0.05, 0.1) is 12.2 Å². The molecule has 2 aliphatic heterocycles. The predicted molar refractivity (Wildman–Crippen MR) is 80.9 cm³/mol. The van der Waals surface area contributed by atoms with Gasteiger partial charge in [0.15, 0.2) is 0 Å². The molecule has 0 radical (unpaired) electrons. The second-order valence-electron chi connectivity index (χ2n) is 7.57. The SMILES string of the molecule is CCCNC1CCC(C)(C2CCOC3(CCOC3)C2)C1. The van der Waals surface area contributed by atoms with E-state index >= 15 is 0 Å². The second-order valence-corrected chi connectivity index (χ2v) is 7.57. The van der Waals surface area contributed by atoms with Gasteiger partial charge in [-0.1, -0.05) is 13.8 Å². The third kappa shape index (κ3) is 2.90. The van der Waals surface area contributed by atoms with Crippen LogP contribution in [0.5, 0.6) is 0 Å². The maximum atomic E-state index is 6.11. The fourth-order valence-corrected chi connectivity index (χ4v) is 4.65. The molecule has 1 N–H and O–H groups in total. The maximum Gasteiger partial charge on any atom is 0.0939 e. The minimum absolute atomic E-state index is 0.0703. The first-order chi connectivity index (χ1) is 9.66. The van der Waals surface area contributed by atoms with Crippen LogP contribution in [-0.2, 0) is 9.47 Å². The van der Waals surface area contributed by atoms with Gasteiger partial charge in [0, 0.05) is 25.7 Å². The molecule has 20 heavy (non-hydrogen) atoms. The summed E-state index contributed by atoms with van der Waals surface area (Å²) in [7, 11) is 0. The van der Waals surface area contributed by atoms with Gasteiger partial charge in [-0.3, -0.25) is 0 Å². The van der Waals surface area contributed by atoms with Crippen molar-refractivity contribution in [1.29, 1.82) is 0 Å². The zero-order valence-corrected chi connectivity index (χ0v) is 13.2. The average Bonchev–Trinajstić information content (AvgIpc) is 3.05. The van der Waals surface area contributed by atoms with Crippen LogP contribution in [0, 0.1) is 11.3 Å². The first kappa shape index (κ1) is 14.8. The fraction of sp³-hybridized carbons (Fsp3) is 1.00. The average molecular weight is 281 g/mol. The van der Waals surface area contributed by atoms with Crippen LogP contribution in [0.15, 0.2) is 0 Å². The van der Waals surface area contributed by atoms with E-state index in [1.807, 2.05) is 0 Å². The van der Waals surface area contributed by atoms with Gasteiger partial charge in [0.25, 0.3) is 0 Å². The van der Waals surface area contributed by atoms with Crippen molar-refractivity contribution >= 4 is 0 Å². The summed E-state index contributed by atoms with van der Waals surface area (Å²) in [4.78, 5) is 0. The van der Waals surface area contributed by atoms with Gasteiger partial charge in [-0.2, -0.15) is 0 Å². The molecule has 3 rings (SSSR count). The lowest BCUT2D eigenvalue weighted by Gasteiger charge is -2.44. The van der Waals surface area contributed by atoms with Crippen molar-refractivity contribution in [3.8, 4) is 0 Å². The maximum absolute atomic E-state index is 6.11. The molecule has 1 spiro atoms. The summed E-state index contributed by atoms with van der Waals surface area (Å²) >= 11 is 0. The van der Waals surface area contributed by atoms with Crippen LogP contribution < -0.4 is 5.32 Å². The predicted octanol–water partition coefficient (Wildman–Crippen LogP) is 3.13. The summed E-state index contributed by atoms with van der Waals surface area (Å²) in [6, 6.07) is 0.749. The largest absolute Gasteiger partial charge is 0.378 e. The van der Waals surface area contributed by atoms with E-state index in [0.717, 1.165) is 38.2 Å². The Hall–Kier alpha value is -0.120. The van der Waals surface area contributed by atoms with E-state index in [1.54, 1.807) is 0 Å². The van der Waals surface area contributed by atoms with Crippen molar-refractivity contribution in [3.05, 3.63) is 0 Å². The Labute approximate surface area is 123 Å². The molecule has 1 aliphatic carbocycles. The first-order valence-corrected chi connectivity index (χ1v) is 8.61. The lowest BCUT2D eigenvalue weighted by molar-refractivity contribution is -0.117. The molecule has 4 unspecified atom stereocenters. The molecule has 0 aromatic heterocycles. The van der Waals surface area contributed by atoms with Crippen LogP contribution >= 0.6 is 0 Å². The highest BCUT2D eigenvalue weighted by molar-refractivity contribution is 4.99. The summed E-state index contributed by atoms with van der Waals surface area (Å²) in [6.07, 6.45) is 8.92. The van der Waals surface area contributed by atoms with E-state index in [4.69, 9.17) is 9.47 Å². The number of hydrogen-bond acceptors (Lipinski definition) is 3. The van der Waals surface area contributed by atoms with Gasteiger partial charge in [0.1, 0.15) is 0 Å². The number of ether oxygens (including phenoxy) is 2. The van der Waals surface area contributed by atoms with Crippen LogP contribution in [0.4, 0.5) is 0 Å². The van der Waals surface area contributed by atoms with Crippen molar-refractivity contribution in [2.75, 3.05) is 26.4 Å². The van der Waals surface area contributed by atoms with Crippen molar-refractivity contribution in [2.24, 2.45) is 11.3 Å². The van der Waals surface area contributed by atoms with Gasteiger partial charge in [0.2, 0.25) is 0 Å². The van der Waals surface area contributed by atoms with Gasteiger partial charge < -0.3 is 14.8 Å². The number of rotatable bonds is 4. The molecule has 0 aromatic carbocycles. The molecule has 2 heterocycles. The monoisotopic (exact) mass is 281 g/mol. The van der Waals surface area contributed by atoms with Crippen LogP contribution in [0.25, 0.3) is 0 Å². The normalized spacial score (nSPS) is 45.3. The first-order valence-electron chi connectivity index (χ1n) is 8.61. The van der Waals surface area contributed by atoms with Crippen molar-refractivity contribution < 1.29 is 9.47 Å². The number of hydrogen-bond donors (Lipinski definition) is 1. The van der Waals surface area contributed by atoms with Crippen LogP contribution in [0.2, 0.25) is 0 Å². The topological polar surface area (TPSA) is 30.5 Å². The lowest BCUT2D eigenvalue weighted by atomic mass is 9.68. The summed E-state index contributed by atoms with van der Waals surface area (Å²) in [6.45, 7) is 8.62. The standard InChI is InChI=1S/C17H31NO2/c1-3-8-18-15-4-6-16(2,12-15)14-5-9-20-17(11-14)7-10-19-13-17/h14-15,18H,3-13H2,1-2H3. The van der Waals surface area contributed by atoms with E-state index in [-0.39, 0.29) is 5.60 Å². The highest BCUT2D eigenvalue weighted by Gasteiger charge is 2.48. The number of nitrogens with one attached hydrogen (secondary N) is 1. The quantitative estimate of drug-likeness (QED) is 0.859. The minimum atomic E-state index is 0.0703. The molecule has 4 atom stereocenters. The fourth-order valence-electron chi connectivity index (χ4n) is 4.65. The highest BCUT2D eigenvalue weighted by atomic mass is 16.6. The minimum Gasteiger partial charge on any atom is -0.378 e. The van der Waals surface area contributed by atoms with E-state index in [1.165, 1.54) is 45.1 Å². The summed E-state index contributed by atoms with van der Waals surface area (Å²) in [5.74, 6) is 0.825. The molecule has 1 saturated carbocycles. The van der Waals surface area contributed by atoms with Crippen molar-refractivity contribution in [2.45, 2.75) is 70.4 Å². The summed E-state index contributed by atoms with van der Waals surface area (Å²) < 4.78 is 11.7. The molecule has 2 saturated heterocycles. The van der Waals surface area contributed by atoms with Crippen molar-refractivity contribution in [3.63, 3.8) is 0 Å². The van der Waals surface area contributed by atoms with E-state index < -0.39 is 0 Å². The Morgan fingerprint density at radius 1 is 1.15 bits per heavy atom. The Balaban J connectivity index is 1.60. The third-order valence-corrected chi connectivity index (χ3v) is 6.01. The summed E-state index contributed by atoms with van der Waals surface area (Å²) in [5.41, 5.74) is 0.589. The smallest absolute Gasteiger partial charge is 0.0939 e. The van der Waals surface area contributed by atoms with E-state index in [2.05, 4.69) is 19.2 Å². The molecular weight excluding hydrogens is 250 g/mol. The summed E-state index contributed by atoms with van der Waals surface area (Å²) in [5, 5.41) is 3.73. The van der Waals surface area contributed by atoms with E-state index in [9.17, 15) is 0 Å². The third-order valence-electron chi connectivity index (χ3n) is 6.01. The van der Waals surface area contributed by atoms with Gasteiger partial charge >= 0.3 is 0 Å². The molecule has 0 amide bonds. The molecule has 116 valence electrons. The lowest BCUT2D eigenvalue weighted by Crippen LogP contribution is -2.45. The second kappa shape index (κ2) is 5.94. The zero-order chi connectivity index (χ0) is 14.1. The van der Waals surface area contributed by atoms with Gasteiger partial charge in [-0.25, -0.2) is 0 Å². The Morgan fingerprint density at radius 3 is 2.80 bits per heavy atom. The van der Waals surface area contributed by atoms with Gasteiger partial charge in [-0.05, 0) is 56.4 Å². The van der Waals surface area contributed by atoms with Crippen LogP contribution in [0.1, 0.15) is 58.8 Å². The molecule has 3 nitrogen and oxygen atoms in total. The zero-order valence-electron chi connectivity index (χ0n) is 13.2. The van der Waals surface area contributed by atoms with Crippen molar-refractivity contribution in [1.82, 2.24) is 5.32 Å². The Morgan fingerprint density at radius 2 is 2.05 bits per heavy atom. The highest BCUT2D eigenvalue weighted by Crippen LogP contribution is 2.51. The molecule has 0 aromatic rings. The molecule has 3 aliphatic rings. The van der Waals surface area contributed by atoms with Gasteiger partial charge in [-0.15, -0.1) is 0 Å². The van der Waals surface area contributed by atoms with Crippen LogP contribution in [0.3, 0.4) is 0 Å². The van der Waals surface area contributed by atoms with E-state index in [0.29, 0.717) is 5.41 Å². The Bertz CT molecular complexity index is 327. The molecule has 3 heteroatoms. The Kier molecular flexibility index (Phi) is 4.40. The molecule has 3 fully saturated rings.